The van der Waals surface area contributed by atoms with Crippen LogP contribution in [0.3, 0.4) is 0 Å². The lowest BCUT2D eigenvalue weighted by Crippen LogP contribution is -2.17. The van der Waals surface area contributed by atoms with Crippen molar-refractivity contribution in [3.63, 3.8) is 0 Å². The first-order valence-corrected chi connectivity index (χ1v) is 6.95. The number of hydrogen-bond acceptors (Lipinski definition) is 3. The number of para-hydroxylation sites is 1. The minimum atomic E-state index is -1.05. The number of rotatable bonds is 3. The lowest BCUT2D eigenvalue weighted by atomic mass is 10.1. The van der Waals surface area contributed by atoms with Crippen LogP contribution in [0.25, 0.3) is 0 Å². The Morgan fingerprint density at radius 2 is 1.90 bits per heavy atom. The molecule has 0 radical (unpaired) electrons. The second kappa shape index (κ2) is 5.92. The van der Waals surface area contributed by atoms with Crippen molar-refractivity contribution in [3.8, 4) is 0 Å². The fourth-order valence-corrected chi connectivity index (χ4v) is 2.26. The summed E-state index contributed by atoms with van der Waals surface area (Å²) in [5.41, 5.74) is 4.89. The molecule has 0 aliphatic rings. The summed E-state index contributed by atoms with van der Waals surface area (Å²) < 4.78 is 27.4. The molecule has 0 spiro atoms. The predicted octanol–water partition coefficient (Wildman–Crippen LogP) is 3.52. The molecule has 0 aliphatic carbocycles. The van der Waals surface area contributed by atoms with E-state index in [0.717, 1.165) is 17.0 Å². The van der Waals surface area contributed by atoms with Gasteiger partial charge in [0.2, 0.25) is 0 Å². The first-order chi connectivity index (χ1) is 9.54. The van der Waals surface area contributed by atoms with Crippen LogP contribution in [0.2, 0.25) is 0 Å². The van der Waals surface area contributed by atoms with E-state index in [-0.39, 0.29) is 5.69 Å². The summed E-state index contributed by atoms with van der Waals surface area (Å²) in [5.74, 6) is -2.87. The molecule has 3 nitrogen and oxygen atoms in total. The monoisotopic (exact) mass is 294 g/mol. The minimum Gasteiger partial charge on any atom is -0.396 e. The Labute approximate surface area is 119 Å². The molecule has 2 aromatic rings. The SMILES string of the molecule is CSc1ccccc1NC(=O)c1c(F)ccc(N)c1F. The van der Waals surface area contributed by atoms with Gasteiger partial charge in [-0.05, 0) is 30.5 Å². The van der Waals surface area contributed by atoms with E-state index in [9.17, 15) is 13.6 Å². The summed E-state index contributed by atoms with van der Waals surface area (Å²) in [6.07, 6.45) is 1.84. The normalized spacial score (nSPS) is 10.3. The predicted molar refractivity (Wildman–Crippen MR) is 76.9 cm³/mol. The molecule has 6 heteroatoms. The molecule has 0 atom stereocenters. The molecule has 3 N–H and O–H groups in total. The largest absolute Gasteiger partial charge is 0.396 e. The lowest BCUT2D eigenvalue weighted by molar-refractivity contribution is 0.101. The highest BCUT2D eigenvalue weighted by Crippen LogP contribution is 2.26. The fraction of sp³-hybridized carbons (Fsp3) is 0.0714. The summed E-state index contributed by atoms with van der Waals surface area (Å²) >= 11 is 1.42. The van der Waals surface area contributed by atoms with Crippen LogP contribution in [0.1, 0.15) is 10.4 Å². The molecule has 1 amide bonds. The van der Waals surface area contributed by atoms with Crippen LogP contribution in [0.4, 0.5) is 20.2 Å². The number of carbonyl (C=O) groups is 1. The van der Waals surface area contributed by atoms with Crippen molar-refractivity contribution in [2.24, 2.45) is 0 Å². The summed E-state index contributed by atoms with van der Waals surface area (Å²) in [5, 5.41) is 2.49. The van der Waals surface area contributed by atoms with Crippen molar-refractivity contribution < 1.29 is 13.6 Å². The number of halogens is 2. The second-order valence-corrected chi connectivity index (χ2v) is 4.83. The Hall–Kier alpha value is -2.08. The highest BCUT2D eigenvalue weighted by atomic mass is 32.2. The Kier molecular flexibility index (Phi) is 4.24. The average molecular weight is 294 g/mol. The lowest BCUT2D eigenvalue weighted by Gasteiger charge is -2.11. The molecule has 0 heterocycles. The summed E-state index contributed by atoms with van der Waals surface area (Å²) in [4.78, 5) is 12.8. The van der Waals surface area contributed by atoms with E-state index in [0.29, 0.717) is 5.69 Å². The van der Waals surface area contributed by atoms with Crippen molar-refractivity contribution in [3.05, 3.63) is 53.6 Å². The number of benzene rings is 2. The molecule has 104 valence electrons. The molecular weight excluding hydrogens is 282 g/mol. The van der Waals surface area contributed by atoms with Gasteiger partial charge in [-0.1, -0.05) is 12.1 Å². The van der Waals surface area contributed by atoms with Gasteiger partial charge < -0.3 is 11.1 Å². The molecule has 20 heavy (non-hydrogen) atoms. The van der Waals surface area contributed by atoms with Gasteiger partial charge in [-0.3, -0.25) is 4.79 Å². The number of thioether (sulfide) groups is 1. The molecule has 0 aromatic heterocycles. The van der Waals surface area contributed by atoms with E-state index < -0.39 is 23.1 Å². The van der Waals surface area contributed by atoms with Crippen molar-refractivity contribution in [2.45, 2.75) is 4.90 Å². The van der Waals surface area contributed by atoms with Crippen molar-refractivity contribution in [2.75, 3.05) is 17.3 Å². The van der Waals surface area contributed by atoms with Crippen LogP contribution < -0.4 is 11.1 Å². The highest BCUT2D eigenvalue weighted by Gasteiger charge is 2.20. The number of carbonyl (C=O) groups excluding carboxylic acids is 1. The average Bonchev–Trinajstić information content (AvgIpc) is 2.44. The van der Waals surface area contributed by atoms with Crippen LogP contribution >= 0.6 is 11.8 Å². The van der Waals surface area contributed by atoms with Gasteiger partial charge in [-0.15, -0.1) is 11.8 Å². The van der Waals surface area contributed by atoms with E-state index in [4.69, 9.17) is 5.73 Å². The van der Waals surface area contributed by atoms with Crippen LogP contribution in [0, 0.1) is 11.6 Å². The maximum atomic E-state index is 13.8. The molecule has 0 fully saturated rings. The van der Waals surface area contributed by atoms with Gasteiger partial charge in [0.25, 0.3) is 5.91 Å². The third-order valence-corrected chi connectivity index (χ3v) is 3.50. The summed E-state index contributed by atoms with van der Waals surface area (Å²) in [7, 11) is 0. The van der Waals surface area contributed by atoms with E-state index in [1.54, 1.807) is 18.2 Å². The molecule has 2 aromatic carbocycles. The topological polar surface area (TPSA) is 55.1 Å². The number of nitrogens with one attached hydrogen (secondary N) is 1. The quantitative estimate of drug-likeness (QED) is 0.672. The zero-order chi connectivity index (χ0) is 14.7. The third kappa shape index (κ3) is 2.75. The molecule has 0 bridgehead atoms. The minimum absolute atomic E-state index is 0.269. The maximum Gasteiger partial charge on any atom is 0.261 e. The van der Waals surface area contributed by atoms with Gasteiger partial charge >= 0.3 is 0 Å². The highest BCUT2D eigenvalue weighted by molar-refractivity contribution is 7.98. The van der Waals surface area contributed by atoms with Crippen LogP contribution in [0.5, 0.6) is 0 Å². The molecule has 0 unspecified atom stereocenters. The van der Waals surface area contributed by atoms with Crippen molar-refractivity contribution in [1.82, 2.24) is 0 Å². The number of hydrogen-bond donors (Lipinski definition) is 2. The van der Waals surface area contributed by atoms with Gasteiger partial charge in [-0.2, -0.15) is 0 Å². The van der Waals surface area contributed by atoms with Gasteiger partial charge in [-0.25, -0.2) is 8.78 Å². The fourth-order valence-electron chi connectivity index (χ4n) is 1.71. The van der Waals surface area contributed by atoms with Crippen LogP contribution in [-0.2, 0) is 0 Å². The summed E-state index contributed by atoms with van der Waals surface area (Å²) in [6, 6.07) is 9.04. The first kappa shape index (κ1) is 14.3. The van der Waals surface area contributed by atoms with Gasteiger partial charge in [0.05, 0.1) is 11.4 Å². The molecule has 0 saturated carbocycles. The van der Waals surface area contributed by atoms with Gasteiger partial charge in [0, 0.05) is 4.90 Å². The number of amides is 1. The number of nitrogen functional groups attached to an aromatic ring is 1. The second-order valence-electron chi connectivity index (χ2n) is 3.98. The zero-order valence-electron chi connectivity index (χ0n) is 10.6. The van der Waals surface area contributed by atoms with Crippen molar-refractivity contribution >= 4 is 29.0 Å². The van der Waals surface area contributed by atoms with E-state index in [2.05, 4.69) is 5.32 Å². The smallest absolute Gasteiger partial charge is 0.261 e. The summed E-state index contributed by atoms with van der Waals surface area (Å²) in [6.45, 7) is 0. The molecular formula is C14H12F2N2OS. The maximum absolute atomic E-state index is 13.8. The van der Waals surface area contributed by atoms with Gasteiger partial charge in [0.1, 0.15) is 11.4 Å². The van der Waals surface area contributed by atoms with Crippen molar-refractivity contribution in [1.29, 1.82) is 0 Å². The Morgan fingerprint density at radius 3 is 2.60 bits per heavy atom. The first-order valence-electron chi connectivity index (χ1n) is 5.72. The van der Waals surface area contributed by atoms with Crippen LogP contribution in [-0.4, -0.2) is 12.2 Å². The molecule has 2 rings (SSSR count). The standard InChI is InChI=1S/C14H12F2N2OS/c1-20-11-5-3-2-4-10(11)18-14(19)12-8(15)6-7-9(17)13(12)16/h2-7H,17H2,1H3,(H,18,19). The number of anilines is 2. The Morgan fingerprint density at radius 1 is 1.20 bits per heavy atom. The van der Waals surface area contributed by atoms with E-state index in [1.807, 2.05) is 12.3 Å². The van der Waals surface area contributed by atoms with Gasteiger partial charge in [0.15, 0.2) is 5.82 Å². The zero-order valence-corrected chi connectivity index (χ0v) is 11.4. The Balaban J connectivity index is 2.36. The third-order valence-electron chi connectivity index (χ3n) is 2.70. The van der Waals surface area contributed by atoms with Crippen LogP contribution in [0.15, 0.2) is 41.3 Å². The Bertz CT molecular complexity index is 662. The number of nitrogens with two attached hydrogens (primary N) is 1. The molecule has 0 aliphatic heterocycles. The van der Waals surface area contributed by atoms with E-state index >= 15 is 0 Å². The molecule has 0 saturated heterocycles. The van der Waals surface area contributed by atoms with E-state index in [1.165, 1.54) is 11.8 Å².